The van der Waals surface area contributed by atoms with Gasteiger partial charge in [0.2, 0.25) is 5.91 Å². The Bertz CT molecular complexity index is 706. The average Bonchev–Trinajstić information content (AvgIpc) is 3.02. The highest BCUT2D eigenvalue weighted by Crippen LogP contribution is 2.25. The minimum atomic E-state index is -0.446. The second kappa shape index (κ2) is 8.85. The largest absolute Gasteiger partial charge is 0.457 e. The summed E-state index contributed by atoms with van der Waals surface area (Å²) in [7, 11) is 0. The molecule has 1 saturated heterocycles. The third-order valence-corrected chi connectivity index (χ3v) is 4.10. The maximum atomic E-state index is 12.1. The molecule has 25 heavy (non-hydrogen) atoms. The van der Waals surface area contributed by atoms with E-state index in [-0.39, 0.29) is 24.4 Å². The lowest BCUT2D eigenvalue weighted by molar-refractivity contribution is -0.123. The van der Waals surface area contributed by atoms with E-state index in [1.54, 1.807) is 0 Å². The Hall–Kier alpha value is -2.08. The van der Waals surface area contributed by atoms with Gasteiger partial charge in [-0.25, -0.2) is 0 Å². The van der Waals surface area contributed by atoms with Crippen LogP contribution in [0, 0.1) is 6.92 Å². The van der Waals surface area contributed by atoms with Gasteiger partial charge in [0.25, 0.3) is 0 Å². The number of amides is 1. The SMILES string of the molecule is Cc1ccc(Oc2ccccc2CNC(=O)C2CC(O)CN2)cc1.Cl. The third-order valence-electron chi connectivity index (χ3n) is 4.10. The lowest BCUT2D eigenvalue weighted by atomic mass is 10.1. The number of hydrogen-bond acceptors (Lipinski definition) is 4. The fourth-order valence-electron chi connectivity index (χ4n) is 2.71. The minimum Gasteiger partial charge on any atom is -0.457 e. The molecule has 5 nitrogen and oxygen atoms in total. The van der Waals surface area contributed by atoms with Gasteiger partial charge in [0.1, 0.15) is 11.5 Å². The van der Waals surface area contributed by atoms with Crippen LogP contribution in [0.15, 0.2) is 48.5 Å². The van der Waals surface area contributed by atoms with E-state index in [4.69, 9.17) is 4.74 Å². The lowest BCUT2D eigenvalue weighted by Gasteiger charge is -2.14. The summed E-state index contributed by atoms with van der Waals surface area (Å²) < 4.78 is 5.93. The fraction of sp³-hybridized carbons (Fsp3) is 0.316. The number of ether oxygens (including phenoxy) is 1. The van der Waals surface area contributed by atoms with E-state index in [9.17, 15) is 9.90 Å². The van der Waals surface area contributed by atoms with E-state index in [2.05, 4.69) is 10.6 Å². The van der Waals surface area contributed by atoms with E-state index in [1.807, 2.05) is 55.5 Å². The number of rotatable bonds is 5. The van der Waals surface area contributed by atoms with Crippen molar-refractivity contribution in [3.05, 3.63) is 59.7 Å². The summed E-state index contributed by atoms with van der Waals surface area (Å²) in [6.45, 7) is 2.88. The summed E-state index contributed by atoms with van der Waals surface area (Å²) in [5.41, 5.74) is 2.08. The van der Waals surface area contributed by atoms with Crippen LogP contribution in [0.2, 0.25) is 0 Å². The summed E-state index contributed by atoms with van der Waals surface area (Å²) in [4.78, 5) is 12.1. The van der Waals surface area contributed by atoms with Crippen molar-refractivity contribution < 1.29 is 14.6 Å². The molecule has 0 bridgehead atoms. The molecular formula is C19H23ClN2O3. The van der Waals surface area contributed by atoms with Crippen LogP contribution in [0.1, 0.15) is 17.5 Å². The molecule has 1 fully saturated rings. The first-order chi connectivity index (χ1) is 11.6. The molecule has 2 aromatic rings. The van der Waals surface area contributed by atoms with Gasteiger partial charge in [-0.15, -0.1) is 12.4 Å². The number of aryl methyl sites for hydroxylation is 1. The molecule has 3 rings (SSSR count). The number of carbonyl (C=O) groups is 1. The summed E-state index contributed by atoms with van der Waals surface area (Å²) in [6, 6.07) is 15.2. The molecule has 2 atom stereocenters. The third kappa shape index (κ3) is 5.19. The Morgan fingerprint density at radius 2 is 1.96 bits per heavy atom. The minimum absolute atomic E-state index is 0. The molecular weight excluding hydrogens is 340 g/mol. The van der Waals surface area contributed by atoms with Gasteiger partial charge < -0.3 is 20.5 Å². The Kier molecular flexibility index (Phi) is 6.82. The zero-order valence-corrected chi connectivity index (χ0v) is 14.9. The van der Waals surface area contributed by atoms with Crippen LogP contribution in [0.3, 0.4) is 0 Å². The Morgan fingerprint density at radius 1 is 1.24 bits per heavy atom. The van der Waals surface area contributed by atoms with Gasteiger partial charge in [0, 0.05) is 18.7 Å². The second-order valence-electron chi connectivity index (χ2n) is 6.09. The molecule has 0 saturated carbocycles. The number of hydrogen-bond donors (Lipinski definition) is 3. The van der Waals surface area contributed by atoms with Crippen LogP contribution in [0.5, 0.6) is 11.5 Å². The number of aliphatic hydroxyl groups excluding tert-OH is 1. The highest BCUT2D eigenvalue weighted by Gasteiger charge is 2.27. The molecule has 1 heterocycles. The van der Waals surface area contributed by atoms with E-state index in [0.29, 0.717) is 19.5 Å². The molecule has 0 aliphatic carbocycles. The van der Waals surface area contributed by atoms with E-state index >= 15 is 0 Å². The molecule has 6 heteroatoms. The van der Waals surface area contributed by atoms with Crippen molar-refractivity contribution in [3.8, 4) is 11.5 Å². The molecule has 0 spiro atoms. The van der Waals surface area contributed by atoms with Crippen molar-refractivity contribution in [1.29, 1.82) is 0 Å². The van der Waals surface area contributed by atoms with Crippen molar-refractivity contribution >= 4 is 18.3 Å². The highest BCUT2D eigenvalue weighted by atomic mass is 35.5. The van der Waals surface area contributed by atoms with Crippen molar-refractivity contribution in [2.24, 2.45) is 0 Å². The number of nitrogens with one attached hydrogen (secondary N) is 2. The molecule has 1 aliphatic rings. The van der Waals surface area contributed by atoms with Gasteiger partial charge >= 0.3 is 0 Å². The highest BCUT2D eigenvalue weighted by molar-refractivity contribution is 5.85. The van der Waals surface area contributed by atoms with Crippen LogP contribution >= 0.6 is 12.4 Å². The Labute approximate surface area is 153 Å². The number of aliphatic hydroxyl groups is 1. The molecule has 2 unspecified atom stereocenters. The van der Waals surface area contributed by atoms with E-state index in [1.165, 1.54) is 5.56 Å². The quantitative estimate of drug-likeness (QED) is 0.764. The Balaban J connectivity index is 0.00000225. The van der Waals surface area contributed by atoms with E-state index in [0.717, 1.165) is 17.1 Å². The number of β-amino-alcohol motifs (C(OH)–C–C–N with tert-alkyl or cyclic N) is 1. The number of para-hydroxylation sites is 1. The zero-order chi connectivity index (χ0) is 16.9. The Morgan fingerprint density at radius 3 is 2.64 bits per heavy atom. The first kappa shape index (κ1) is 19.2. The maximum Gasteiger partial charge on any atom is 0.237 e. The molecule has 1 amide bonds. The smallest absolute Gasteiger partial charge is 0.237 e. The summed E-state index contributed by atoms with van der Waals surface area (Å²) in [5.74, 6) is 1.39. The zero-order valence-electron chi connectivity index (χ0n) is 14.1. The molecule has 2 aromatic carbocycles. The number of halogens is 1. The van der Waals surface area contributed by atoms with Crippen LogP contribution in [0.4, 0.5) is 0 Å². The fourth-order valence-corrected chi connectivity index (χ4v) is 2.71. The van der Waals surface area contributed by atoms with E-state index < -0.39 is 6.10 Å². The lowest BCUT2D eigenvalue weighted by Crippen LogP contribution is -2.40. The van der Waals surface area contributed by atoms with Gasteiger partial charge in [-0.05, 0) is 31.5 Å². The van der Waals surface area contributed by atoms with Crippen LogP contribution in [-0.4, -0.2) is 29.7 Å². The second-order valence-corrected chi connectivity index (χ2v) is 6.09. The normalized spacial score (nSPS) is 19.1. The van der Waals surface area contributed by atoms with Gasteiger partial charge in [-0.1, -0.05) is 35.9 Å². The summed E-state index contributed by atoms with van der Waals surface area (Å²) in [6.07, 6.45) is 0.00535. The first-order valence-corrected chi connectivity index (χ1v) is 8.13. The van der Waals surface area contributed by atoms with Crippen molar-refractivity contribution in [1.82, 2.24) is 10.6 Å². The number of benzene rings is 2. The summed E-state index contributed by atoms with van der Waals surface area (Å²) in [5, 5.41) is 15.4. The van der Waals surface area contributed by atoms with Gasteiger partial charge in [-0.2, -0.15) is 0 Å². The molecule has 0 radical (unpaired) electrons. The van der Waals surface area contributed by atoms with Crippen molar-refractivity contribution in [2.75, 3.05) is 6.54 Å². The topological polar surface area (TPSA) is 70.6 Å². The molecule has 0 aromatic heterocycles. The predicted octanol–water partition coefficient (Wildman–Crippen LogP) is 2.55. The molecule has 3 N–H and O–H groups in total. The standard InChI is InChI=1S/C19H22N2O3.ClH/c1-13-6-8-16(9-7-13)24-18-5-3-2-4-14(18)11-21-19(23)17-10-15(22)12-20-17;/h2-9,15,17,20,22H,10-12H2,1H3,(H,21,23);1H. The van der Waals surface area contributed by atoms with Crippen LogP contribution in [0.25, 0.3) is 0 Å². The average molecular weight is 363 g/mol. The molecule has 1 aliphatic heterocycles. The number of carbonyl (C=O) groups excluding carboxylic acids is 1. The first-order valence-electron chi connectivity index (χ1n) is 8.13. The van der Waals surface area contributed by atoms with Gasteiger partial charge in [0.15, 0.2) is 0 Å². The van der Waals surface area contributed by atoms with Crippen LogP contribution < -0.4 is 15.4 Å². The monoisotopic (exact) mass is 362 g/mol. The van der Waals surface area contributed by atoms with Crippen molar-refractivity contribution in [2.45, 2.75) is 32.0 Å². The predicted molar refractivity (Wildman–Crippen MR) is 99.2 cm³/mol. The summed E-state index contributed by atoms with van der Waals surface area (Å²) >= 11 is 0. The van der Waals surface area contributed by atoms with Crippen molar-refractivity contribution in [3.63, 3.8) is 0 Å². The van der Waals surface area contributed by atoms with Gasteiger partial charge in [0.05, 0.1) is 12.1 Å². The maximum absolute atomic E-state index is 12.1. The van der Waals surface area contributed by atoms with Crippen LogP contribution in [-0.2, 0) is 11.3 Å². The molecule has 134 valence electrons. The van der Waals surface area contributed by atoms with Gasteiger partial charge in [-0.3, -0.25) is 4.79 Å².